The lowest BCUT2D eigenvalue weighted by Crippen LogP contribution is -2.44. The zero-order valence-corrected chi connectivity index (χ0v) is 19.9. The molecule has 33 heavy (non-hydrogen) atoms. The zero-order valence-electron chi connectivity index (χ0n) is 17.5. The number of halogens is 1. The van der Waals surface area contributed by atoms with Gasteiger partial charge in [0.25, 0.3) is 5.69 Å². The second-order valence-corrected chi connectivity index (χ2v) is 8.77. The number of allylic oxidation sites excluding steroid dienone is 1. The fourth-order valence-corrected chi connectivity index (χ4v) is 4.99. The summed E-state index contributed by atoms with van der Waals surface area (Å²) in [7, 11) is 2.70. The van der Waals surface area contributed by atoms with Gasteiger partial charge in [0, 0.05) is 23.8 Å². The molecule has 0 aliphatic carbocycles. The molecule has 170 valence electrons. The lowest BCUT2D eigenvalue weighted by atomic mass is 9.78. The predicted molar refractivity (Wildman–Crippen MR) is 124 cm³/mol. The van der Waals surface area contributed by atoms with Crippen LogP contribution in [0.15, 0.2) is 57.5 Å². The highest BCUT2D eigenvalue weighted by Crippen LogP contribution is 2.42. The molecule has 11 heteroatoms. The summed E-state index contributed by atoms with van der Waals surface area (Å²) in [4.78, 5) is 35.8. The van der Waals surface area contributed by atoms with Crippen molar-refractivity contribution >= 4 is 45.3 Å². The predicted octanol–water partition coefficient (Wildman–Crippen LogP) is 4.04. The van der Waals surface area contributed by atoms with E-state index in [2.05, 4.69) is 27.3 Å². The van der Waals surface area contributed by atoms with Crippen molar-refractivity contribution in [1.82, 2.24) is 5.32 Å². The molecule has 3 rings (SSSR count). The molecular formula is C22H18BrN3O6S. The number of thioether (sulfide) groups is 1. The molecule has 1 aliphatic rings. The van der Waals surface area contributed by atoms with Crippen molar-refractivity contribution in [2.75, 3.05) is 14.2 Å². The molecule has 0 saturated heterocycles. The number of carbonyl (C=O) groups is 2. The minimum atomic E-state index is -1.24. The molecule has 0 fully saturated rings. The molecule has 0 saturated carbocycles. The first-order valence-corrected chi connectivity index (χ1v) is 11.3. The molecule has 0 spiro atoms. The van der Waals surface area contributed by atoms with Crippen LogP contribution in [0.4, 0.5) is 5.69 Å². The molecule has 0 unspecified atom stereocenters. The number of ether oxygens (including phenoxy) is 2. The molecule has 1 aliphatic heterocycles. The van der Waals surface area contributed by atoms with Crippen molar-refractivity contribution in [3.05, 3.63) is 78.8 Å². The molecule has 1 amide bonds. The van der Waals surface area contributed by atoms with Gasteiger partial charge in [-0.15, -0.1) is 11.8 Å². The Kier molecular flexibility index (Phi) is 7.73. The van der Waals surface area contributed by atoms with E-state index in [0.29, 0.717) is 26.6 Å². The van der Waals surface area contributed by atoms with Crippen LogP contribution in [0.5, 0.6) is 5.75 Å². The normalized spacial score (nSPS) is 17.7. The van der Waals surface area contributed by atoms with Crippen LogP contribution in [0.25, 0.3) is 0 Å². The van der Waals surface area contributed by atoms with Gasteiger partial charge in [-0.3, -0.25) is 19.7 Å². The lowest BCUT2D eigenvalue weighted by Gasteiger charge is -2.31. The fourth-order valence-electron chi connectivity index (χ4n) is 3.43. The first kappa shape index (κ1) is 24.3. The zero-order chi connectivity index (χ0) is 24.1. The Morgan fingerprint density at radius 3 is 2.52 bits per heavy atom. The van der Waals surface area contributed by atoms with Crippen LogP contribution in [0.2, 0.25) is 0 Å². The molecule has 0 radical (unpaired) electrons. The maximum Gasteiger partial charge on any atom is 0.319 e. The Balaban J connectivity index is 2.00. The van der Waals surface area contributed by atoms with Crippen LogP contribution in [-0.2, 0) is 20.1 Å². The Labute approximate surface area is 202 Å². The van der Waals surface area contributed by atoms with Gasteiger partial charge in [0.15, 0.2) is 0 Å². The third-order valence-electron chi connectivity index (χ3n) is 5.05. The van der Waals surface area contributed by atoms with Crippen LogP contribution >= 0.6 is 27.7 Å². The first-order chi connectivity index (χ1) is 15.8. The summed E-state index contributed by atoms with van der Waals surface area (Å²) in [5.74, 6) is -2.53. The van der Waals surface area contributed by atoms with Crippen LogP contribution in [-0.4, -0.2) is 31.0 Å². The number of rotatable bonds is 7. The average molecular weight is 532 g/mol. The van der Waals surface area contributed by atoms with Crippen LogP contribution in [0, 0.1) is 27.4 Å². The average Bonchev–Trinajstić information content (AvgIpc) is 2.81. The molecule has 2 atom stereocenters. The lowest BCUT2D eigenvalue weighted by molar-refractivity contribution is -0.384. The number of amides is 1. The Morgan fingerprint density at radius 2 is 1.97 bits per heavy atom. The van der Waals surface area contributed by atoms with E-state index < -0.39 is 28.6 Å². The number of nitrogens with zero attached hydrogens (tertiary/aromatic N) is 2. The van der Waals surface area contributed by atoms with Crippen LogP contribution in [0.3, 0.4) is 0 Å². The van der Waals surface area contributed by atoms with Crippen molar-refractivity contribution in [2.45, 2.75) is 11.7 Å². The summed E-state index contributed by atoms with van der Waals surface area (Å²) < 4.78 is 10.7. The molecule has 2 aromatic carbocycles. The maximum atomic E-state index is 12.9. The van der Waals surface area contributed by atoms with Crippen molar-refractivity contribution in [1.29, 1.82) is 5.26 Å². The van der Waals surface area contributed by atoms with Crippen molar-refractivity contribution in [2.24, 2.45) is 5.92 Å². The quantitative estimate of drug-likeness (QED) is 0.245. The molecule has 9 nitrogen and oxygen atoms in total. The van der Waals surface area contributed by atoms with Crippen LogP contribution in [0.1, 0.15) is 17.0 Å². The number of carbonyl (C=O) groups excluding carboxylic acids is 2. The van der Waals surface area contributed by atoms with Crippen LogP contribution < -0.4 is 10.1 Å². The van der Waals surface area contributed by atoms with E-state index in [0.717, 1.165) is 5.56 Å². The summed E-state index contributed by atoms with van der Waals surface area (Å²) in [6.07, 6.45) is 0. The van der Waals surface area contributed by atoms with Gasteiger partial charge in [-0.25, -0.2) is 0 Å². The van der Waals surface area contributed by atoms with Gasteiger partial charge >= 0.3 is 5.97 Å². The highest BCUT2D eigenvalue weighted by molar-refractivity contribution is 9.10. The number of hydrogen-bond acceptors (Lipinski definition) is 8. The topological polar surface area (TPSA) is 132 Å². The van der Waals surface area contributed by atoms with E-state index in [1.807, 2.05) is 0 Å². The highest BCUT2D eigenvalue weighted by Gasteiger charge is 2.44. The van der Waals surface area contributed by atoms with Crippen molar-refractivity contribution in [3.8, 4) is 11.8 Å². The minimum Gasteiger partial charge on any atom is -0.496 e. The monoisotopic (exact) mass is 531 g/mol. The van der Waals surface area contributed by atoms with Gasteiger partial charge in [-0.2, -0.15) is 5.26 Å². The molecular weight excluding hydrogens is 514 g/mol. The van der Waals surface area contributed by atoms with E-state index in [1.165, 1.54) is 38.1 Å². The number of nitrogens with one attached hydrogen (secondary N) is 1. The molecule has 0 bridgehead atoms. The van der Waals surface area contributed by atoms with Gasteiger partial charge in [0.2, 0.25) is 5.91 Å². The second kappa shape index (κ2) is 10.5. The van der Waals surface area contributed by atoms with Gasteiger partial charge < -0.3 is 14.8 Å². The largest absolute Gasteiger partial charge is 0.496 e. The molecule has 0 aromatic heterocycles. The summed E-state index contributed by atoms with van der Waals surface area (Å²) >= 11 is 4.60. The summed E-state index contributed by atoms with van der Waals surface area (Å²) in [5, 5.41) is 23.8. The second-order valence-electron chi connectivity index (χ2n) is 6.93. The summed E-state index contributed by atoms with van der Waals surface area (Å²) in [6.45, 7) is 0. The molecule has 1 N–H and O–H groups in total. The number of nitro benzene ring substituents is 1. The molecule has 1 heterocycles. The summed E-state index contributed by atoms with van der Waals surface area (Å²) in [6, 6.07) is 13.2. The Hall–Kier alpha value is -3.36. The van der Waals surface area contributed by atoms with Crippen molar-refractivity contribution in [3.63, 3.8) is 0 Å². The number of benzene rings is 2. The fraction of sp³-hybridized carbons (Fsp3) is 0.227. The minimum absolute atomic E-state index is 0.0299. The van der Waals surface area contributed by atoms with E-state index in [4.69, 9.17) is 9.47 Å². The number of nitriles is 1. The van der Waals surface area contributed by atoms with Gasteiger partial charge in [-0.1, -0.05) is 18.2 Å². The van der Waals surface area contributed by atoms with Gasteiger partial charge in [0.05, 0.1) is 40.3 Å². The van der Waals surface area contributed by atoms with Crippen molar-refractivity contribution < 1.29 is 24.0 Å². The Morgan fingerprint density at radius 1 is 1.27 bits per heavy atom. The number of esters is 1. The SMILES string of the molecule is COC(=O)[C@H]1C(=O)NC(SCc2ccc([N+](=O)[O-])cc2)=C(C#N)[C@H]1c1ccc(OC)c(Br)c1. The number of hydrogen-bond donors (Lipinski definition) is 1. The smallest absolute Gasteiger partial charge is 0.319 e. The standard InChI is InChI=1S/C22H18BrN3O6S/c1-31-17-8-5-13(9-16(17)23)18-15(10-24)21(25-20(27)19(18)22(28)32-2)33-11-12-3-6-14(7-4-12)26(29)30/h3-9,18-19H,11H2,1-2H3,(H,25,27)/t18-,19-/m1/s1. The Bertz CT molecular complexity index is 1180. The maximum absolute atomic E-state index is 12.9. The van der Waals surface area contributed by atoms with E-state index >= 15 is 0 Å². The molecule has 2 aromatic rings. The van der Waals surface area contributed by atoms with Gasteiger partial charge in [0.1, 0.15) is 11.7 Å². The number of nitro groups is 1. The number of methoxy groups -OCH3 is 2. The van der Waals surface area contributed by atoms with E-state index in [-0.39, 0.29) is 11.3 Å². The first-order valence-electron chi connectivity index (χ1n) is 9.53. The van der Waals surface area contributed by atoms with Gasteiger partial charge in [-0.05, 0) is 39.2 Å². The van der Waals surface area contributed by atoms with E-state index in [1.54, 1.807) is 30.3 Å². The van der Waals surface area contributed by atoms with E-state index in [9.17, 15) is 25.0 Å². The highest BCUT2D eigenvalue weighted by atomic mass is 79.9. The number of non-ortho nitro benzene ring substituents is 1. The summed E-state index contributed by atoms with van der Waals surface area (Å²) in [5.41, 5.74) is 1.52. The third-order valence-corrected chi connectivity index (χ3v) is 6.76. The third kappa shape index (κ3) is 5.18.